The molecule has 2 saturated heterocycles. The van der Waals surface area contributed by atoms with E-state index in [4.69, 9.17) is 21.1 Å². The first-order valence-electron chi connectivity index (χ1n) is 26.2. The van der Waals surface area contributed by atoms with Crippen LogP contribution in [0.25, 0.3) is 11.8 Å². The molecule has 5 N–H and O–H groups in total. The molecule has 0 bridgehead atoms. The molecule has 3 aliphatic heterocycles. The van der Waals surface area contributed by atoms with E-state index in [1.54, 1.807) is 4.90 Å². The minimum atomic E-state index is -1.32. The Kier molecular flexibility index (Phi) is 16.5. The number of amides is 3. The maximum absolute atomic E-state index is 15.7. The Bertz CT molecular complexity index is 3070. The van der Waals surface area contributed by atoms with Crippen molar-refractivity contribution in [3.63, 3.8) is 0 Å². The molecule has 78 heavy (non-hydrogen) atoms. The quantitative estimate of drug-likeness (QED) is 0.0711. The number of aromatic carboxylic acids is 1. The molecule has 23 heteroatoms. The van der Waals surface area contributed by atoms with Crippen molar-refractivity contribution in [1.29, 1.82) is 0 Å². The van der Waals surface area contributed by atoms with Crippen molar-refractivity contribution in [2.45, 2.75) is 94.3 Å². The molecule has 10 rings (SSSR count). The summed E-state index contributed by atoms with van der Waals surface area (Å²) in [4.78, 5) is 63.9. The average molecular weight is 1100 g/mol. The number of hydrogen-bond acceptors (Lipinski definition) is 14. The molecule has 0 radical (unpaired) electrons. The highest BCUT2D eigenvalue weighted by Crippen LogP contribution is 2.44. The van der Waals surface area contributed by atoms with Crippen LogP contribution in [0.2, 0.25) is 5.02 Å². The number of ether oxygens (including phenoxy) is 2. The van der Waals surface area contributed by atoms with Crippen LogP contribution in [0.4, 0.5) is 30.4 Å². The summed E-state index contributed by atoms with van der Waals surface area (Å²) in [5.41, 5.74) is 3.39. The first-order chi connectivity index (χ1) is 37.6. The molecule has 2 aromatic heterocycles. The molecule has 9 atom stereocenters. The van der Waals surface area contributed by atoms with Crippen LogP contribution in [0.1, 0.15) is 83.6 Å². The van der Waals surface area contributed by atoms with E-state index in [9.17, 15) is 43.3 Å². The zero-order chi connectivity index (χ0) is 54.8. The summed E-state index contributed by atoms with van der Waals surface area (Å²) in [5.74, 6) is -4.08. The van der Waals surface area contributed by atoms with E-state index in [1.807, 2.05) is 18.0 Å². The first kappa shape index (κ1) is 54.5. The lowest BCUT2D eigenvalue weighted by Gasteiger charge is -2.40. The van der Waals surface area contributed by atoms with Gasteiger partial charge in [0.05, 0.1) is 54.4 Å². The third kappa shape index (κ3) is 12.1. The molecule has 5 heterocycles. The number of pyridine rings is 1. The number of nitrogens with zero attached hydrogens (tertiary/aromatic N) is 8. The molecule has 19 nitrogen and oxygen atoms in total. The third-order valence-electron chi connectivity index (χ3n) is 15.9. The summed E-state index contributed by atoms with van der Waals surface area (Å²) in [6, 6.07) is 11.2. The Morgan fingerprint density at radius 2 is 1.72 bits per heavy atom. The SMILES string of the molecule is CN1CCN(c2cc(CC3CCC(CC4CCC(OC[C@H]5OC[C@H](Nc6ncc(F)cc6F)[C@@H](O)[C@H]5O)C4)C3)cc3c2CCN(C(=O)/C=C/c2c(-n4cnnn4)ccc(Cl)c2F)[C@@H]3C(=O)Nc2ccc(C(=O)O)cc2)C(=O)C1. The van der Waals surface area contributed by atoms with Crippen molar-refractivity contribution in [1.82, 2.24) is 35.0 Å². The normalized spacial score (nSPS) is 25.6. The van der Waals surface area contributed by atoms with Crippen LogP contribution in [0, 0.1) is 35.2 Å². The Hall–Kier alpha value is -6.82. The van der Waals surface area contributed by atoms with Crippen molar-refractivity contribution in [2.24, 2.45) is 17.8 Å². The van der Waals surface area contributed by atoms with Gasteiger partial charge in [0.1, 0.15) is 36.5 Å². The van der Waals surface area contributed by atoms with E-state index in [1.165, 1.54) is 64.5 Å². The molecule has 5 aromatic rings. The molecule has 0 spiro atoms. The highest BCUT2D eigenvalue weighted by molar-refractivity contribution is 6.31. The number of aromatic nitrogens is 5. The van der Waals surface area contributed by atoms with Gasteiger partial charge in [-0.3, -0.25) is 19.3 Å². The number of carboxylic acid groups (broad SMARTS) is 1. The minimum Gasteiger partial charge on any atom is -0.478 e. The lowest BCUT2D eigenvalue weighted by atomic mass is 9.85. The van der Waals surface area contributed by atoms with E-state index in [-0.39, 0.29) is 71.9 Å². The van der Waals surface area contributed by atoms with E-state index >= 15 is 4.39 Å². The van der Waals surface area contributed by atoms with Crippen molar-refractivity contribution in [3.05, 3.63) is 123 Å². The van der Waals surface area contributed by atoms with Crippen LogP contribution >= 0.6 is 11.6 Å². The Balaban J connectivity index is 0.847. The van der Waals surface area contributed by atoms with Gasteiger partial charge < -0.3 is 45.2 Å². The van der Waals surface area contributed by atoms with Crippen LogP contribution in [-0.4, -0.2) is 151 Å². The number of benzene rings is 3. The van der Waals surface area contributed by atoms with Gasteiger partial charge in [-0.2, -0.15) is 4.68 Å². The summed E-state index contributed by atoms with van der Waals surface area (Å²) >= 11 is 6.21. The van der Waals surface area contributed by atoms with Gasteiger partial charge in [-0.05, 0) is 152 Å². The lowest BCUT2D eigenvalue weighted by Crippen LogP contribution is -2.57. The number of rotatable bonds is 16. The van der Waals surface area contributed by atoms with E-state index in [2.05, 4.69) is 37.2 Å². The summed E-state index contributed by atoms with van der Waals surface area (Å²) in [7, 11) is 1.89. The van der Waals surface area contributed by atoms with Crippen molar-refractivity contribution >= 4 is 58.6 Å². The average Bonchev–Trinajstić information content (AvgIpc) is 4.29. The van der Waals surface area contributed by atoms with Gasteiger partial charge in [-0.15, -0.1) is 5.10 Å². The molecule has 3 amide bonds. The van der Waals surface area contributed by atoms with E-state index in [0.29, 0.717) is 60.8 Å². The number of halogens is 4. The predicted octanol–water partition coefficient (Wildman–Crippen LogP) is 6.02. The van der Waals surface area contributed by atoms with Gasteiger partial charge >= 0.3 is 5.97 Å². The molecule has 3 aromatic carbocycles. The van der Waals surface area contributed by atoms with E-state index < -0.39 is 65.6 Å². The summed E-state index contributed by atoms with van der Waals surface area (Å²) < 4.78 is 56.6. The van der Waals surface area contributed by atoms with Crippen LogP contribution < -0.4 is 15.5 Å². The Labute approximate surface area is 452 Å². The summed E-state index contributed by atoms with van der Waals surface area (Å²) in [5, 5.41) is 47.9. The molecular weight excluding hydrogens is 1040 g/mol. The zero-order valence-corrected chi connectivity index (χ0v) is 43.4. The second kappa shape index (κ2) is 23.6. The maximum Gasteiger partial charge on any atom is 0.335 e. The minimum absolute atomic E-state index is 0.0211. The van der Waals surface area contributed by atoms with Gasteiger partial charge in [0, 0.05) is 48.7 Å². The fourth-order valence-electron chi connectivity index (χ4n) is 11.9. The third-order valence-corrected chi connectivity index (χ3v) is 16.1. The molecule has 412 valence electrons. The standard InChI is InChI=1S/C55H60ClF3N10O9/c1-66-16-17-67(48(71)26-66)45-23-33(20-31-3-2-30(18-31)19-32-4-9-37(21-32)77-28-46-52(73)51(72)43(27-78-46)63-53-42(58)24-35(57)25-60-53)22-40-38(45)14-15-68(50(40)54(74)62-36-7-5-34(6-8-36)55(75)76)47(70)13-10-39-44(69-29-61-64-65-69)12-11-41(56)49(39)59/h5-8,10-13,22-25,29-32,37,43,46,50-52,72-73H,2-4,9,14-21,26-28H2,1H3,(H,60,63)(H,62,74)(H,75,76)/b13-10+/t30?,31?,32?,37?,43-,46+,50-,51+,52-/m0/s1. The fourth-order valence-corrected chi connectivity index (χ4v) is 12.1. The van der Waals surface area contributed by atoms with Gasteiger partial charge in [-0.1, -0.05) is 24.1 Å². The first-order valence-corrected chi connectivity index (χ1v) is 26.6. The highest BCUT2D eigenvalue weighted by Gasteiger charge is 2.42. The predicted molar refractivity (Wildman–Crippen MR) is 279 cm³/mol. The second-order valence-electron chi connectivity index (χ2n) is 21.1. The largest absolute Gasteiger partial charge is 0.478 e. The van der Waals surface area contributed by atoms with Crippen LogP contribution in [0.15, 0.2) is 73.2 Å². The van der Waals surface area contributed by atoms with Crippen LogP contribution in [0.5, 0.6) is 0 Å². The number of tetrazole rings is 1. The molecule has 4 fully saturated rings. The number of aliphatic hydroxyl groups is 2. The van der Waals surface area contributed by atoms with Crippen molar-refractivity contribution < 1.29 is 57.1 Å². The second-order valence-corrected chi connectivity index (χ2v) is 21.5. The molecule has 2 aliphatic carbocycles. The number of carboxylic acids is 1. The number of anilines is 3. The smallest absolute Gasteiger partial charge is 0.335 e. The topological polar surface area (TPSA) is 238 Å². The molecule has 2 saturated carbocycles. The van der Waals surface area contributed by atoms with Crippen molar-refractivity contribution in [2.75, 3.05) is 62.0 Å². The maximum atomic E-state index is 15.7. The molecule has 4 unspecified atom stereocenters. The van der Waals surface area contributed by atoms with Crippen LogP contribution in [-0.2, 0) is 36.7 Å². The molecular formula is C55H60ClF3N10O9. The Morgan fingerprint density at radius 1 is 0.936 bits per heavy atom. The number of likely N-dealkylation sites (N-methyl/N-ethyl adjacent to an activating group) is 1. The lowest BCUT2D eigenvalue weighted by molar-refractivity contribution is -0.165. The van der Waals surface area contributed by atoms with Gasteiger partial charge in [0.15, 0.2) is 17.5 Å². The van der Waals surface area contributed by atoms with Crippen molar-refractivity contribution in [3.8, 4) is 5.69 Å². The number of carbonyl (C=O) groups is 4. The highest BCUT2D eigenvalue weighted by atomic mass is 35.5. The molecule has 5 aliphatic rings. The number of nitrogens with one attached hydrogen (secondary N) is 2. The van der Waals surface area contributed by atoms with Crippen LogP contribution in [0.3, 0.4) is 0 Å². The number of fused-ring (bicyclic) bond motifs is 1. The number of carbonyl (C=O) groups excluding carboxylic acids is 3. The number of hydrogen-bond donors (Lipinski definition) is 5. The van der Waals surface area contributed by atoms with E-state index in [0.717, 1.165) is 62.3 Å². The monoisotopic (exact) mass is 1100 g/mol. The summed E-state index contributed by atoms with van der Waals surface area (Å²) in [6.45, 7) is 1.32. The number of aliphatic hydroxyl groups excluding tert-OH is 2. The zero-order valence-electron chi connectivity index (χ0n) is 42.7. The number of piperazine rings is 1. The summed E-state index contributed by atoms with van der Waals surface area (Å²) in [6.07, 6.45) is 8.68. The fraction of sp³-hybridized carbons (Fsp3) is 0.455. The van der Waals surface area contributed by atoms with Gasteiger partial charge in [-0.25, -0.2) is 22.9 Å². The van der Waals surface area contributed by atoms with Gasteiger partial charge in [0.25, 0.3) is 5.91 Å². The van der Waals surface area contributed by atoms with Gasteiger partial charge in [0.2, 0.25) is 11.8 Å². The Morgan fingerprint density at radius 3 is 2.47 bits per heavy atom.